The first-order chi connectivity index (χ1) is 12.0. The number of nitrogens with one attached hydrogen (secondary N) is 1. The molecule has 3 rings (SSSR count). The third-order valence-corrected chi connectivity index (χ3v) is 4.93. The number of aromatic nitrogens is 1. The second-order valence-electron chi connectivity index (χ2n) is 6.61. The lowest BCUT2D eigenvalue weighted by Gasteiger charge is -2.34. The Bertz CT molecular complexity index is 908. The Morgan fingerprint density at radius 3 is 2.80 bits per heavy atom. The number of pyridine rings is 1. The summed E-state index contributed by atoms with van der Waals surface area (Å²) in [5.74, 6) is 0.195. The third kappa shape index (κ3) is 3.34. The summed E-state index contributed by atoms with van der Waals surface area (Å²) in [4.78, 5) is 29.1. The van der Waals surface area contributed by atoms with Gasteiger partial charge < -0.3 is 9.88 Å². The van der Waals surface area contributed by atoms with Crippen LogP contribution in [0.5, 0.6) is 0 Å². The molecular weight excluding hydrogens is 314 g/mol. The maximum Gasteiger partial charge on any atom is 0.266 e. The number of piperidine rings is 1. The first-order valence-corrected chi connectivity index (χ1v) is 8.50. The number of nitrogens with zero attached hydrogens (tertiary/aromatic N) is 2. The first kappa shape index (κ1) is 17.0. The molecule has 1 amide bonds. The Kier molecular flexibility index (Phi) is 4.71. The number of H-pyrrole nitrogens is 1. The monoisotopic (exact) mass is 335 g/mol. The van der Waals surface area contributed by atoms with Crippen LogP contribution in [-0.2, 0) is 0 Å². The van der Waals surface area contributed by atoms with Crippen LogP contribution in [0.25, 0.3) is 0 Å². The molecule has 2 aromatic rings. The van der Waals surface area contributed by atoms with E-state index in [0.29, 0.717) is 30.3 Å². The topological polar surface area (TPSA) is 77.0 Å². The number of hydrogen-bond donors (Lipinski definition) is 1. The zero-order valence-corrected chi connectivity index (χ0v) is 14.5. The molecule has 1 fully saturated rings. The molecule has 0 unspecified atom stereocenters. The minimum absolute atomic E-state index is 0.0265. The van der Waals surface area contributed by atoms with E-state index in [0.717, 1.165) is 12.8 Å². The molecule has 0 radical (unpaired) electrons. The van der Waals surface area contributed by atoms with Crippen LogP contribution in [0.1, 0.15) is 51.5 Å². The van der Waals surface area contributed by atoms with Gasteiger partial charge in [-0.3, -0.25) is 9.59 Å². The summed E-state index contributed by atoms with van der Waals surface area (Å²) in [6, 6.07) is 11.6. The minimum Gasteiger partial charge on any atom is -0.338 e. The van der Waals surface area contributed by atoms with E-state index in [9.17, 15) is 9.59 Å². The van der Waals surface area contributed by atoms with Gasteiger partial charge in [0.05, 0.1) is 5.56 Å². The van der Waals surface area contributed by atoms with Crippen molar-refractivity contribution in [2.45, 2.75) is 32.6 Å². The molecule has 1 aromatic carbocycles. The molecule has 1 atom stereocenters. The molecule has 0 spiro atoms. The van der Waals surface area contributed by atoms with Crippen molar-refractivity contribution in [3.8, 4) is 6.07 Å². The lowest BCUT2D eigenvalue weighted by atomic mass is 9.87. The summed E-state index contributed by atoms with van der Waals surface area (Å²) in [6.07, 6.45) is 2.00. The van der Waals surface area contributed by atoms with E-state index in [1.165, 1.54) is 17.2 Å². The highest BCUT2D eigenvalue weighted by molar-refractivity contribution is 5.95. The van der Waals surface area contributed by atoms with Gasteiger partial charge in [0.15, 0.2) is 0 Å². The zero-order chi connectivity index (χ0) is 18.0. The summed E-state index contributed by atoms with van der Waals surface area (Å²) in [5, 5.41) is 9.05. The van der Waals surface area contributed by atoms with Gasteiger partial charge in [0.1, 0.15) is 11.6 Å². The van der Waals surface area contributed by atoms with Crippen LogP contribution in [0, 0.1) is 25.2 Å². The van der Waals surface area contributed by atoms with Crippen LogP contribution in [0.3, 0.4) is 0 Å². The number of carbonyl (C=O) groups is 1. The molecule has 128 valence electrons. The molecule has 1 N–H and O–H groups in total. The number of likely N-dealkylation sites (tertiary alicyclic amines) is 1. The van der Waals surface area contributed by atoms with Gasteiger partial charge in [-0.2, -0.15) is 5.26 Å². The lowest BCUT2D eigenvalue weighted by molar-refractivity contribution is 0.0705. The molecule has 2 heterocycles. The van der Waals surface area contributed by atoms with E-state index < -0.39 is 5.56 Å². The minimum atomic E-state index is -0.451. The maximum atomic E-state index is 13.0. The molecule has 0 aliphatic carbocycles. The molecule has 5 heteroatoms. The summed E-state index contributed by atoms with van der Waals surface area (Å²) in [7, 11) is 0. The fourth-order valence-corrected chi connectivity index (χ4v) is 3.56. The van der Waals surface area contributed by atoms with Crippen LogP contribution in [-0.4, -0.2) is 28.9 Å². The molecule has 5 nitrogen and oxygen atoms in total. The third-order valence-electron chi connectivity index (χ3n) is 4.93. The quantitative estimate of drug-likeness (QED) is 0.917. The van der Waals surface area contributed by atoms with E-state index in [-0.39, 0.29) is 11.5 Å². The number of nitriles is 1. The number of amides is 1. The van der Waals surface area contributed by atoms with Crippen molar-refractivity contribution in [2.24, 2.45) is 0 Å². The van der Waals surface area contributed by atoms with Gasteiger partial charge in [0.25, 0.3) is 11.5 Å². The van der Waals surface area contributed by atoms with Crippen LogP contribution < -0.4 is 5.56 Å². The molecule has 1 aliphatic rings. The Hall–Kier alpha value is -2.87. The fourth-order valence-electron chi connectivity index (χ4n) is 3.56. The van der Waals surface area contributed by atoms with Gasteiger partial charge in [-0.05, 0) is 43.9 Å². The van der Waals surface area contributed by atoms with Crippen molar-refractivity contribution in [3.63, 3.8) is 0 Å². The van der Waals surface area contributed by atoms with Crippen molar-refractivity contribution >= 4 is 5.91 Å². The fraction of sp³-hybridized carbons (Fsp3) is 0.350. The van der Waals surface area contributed by atoms with Gasteiger partial charge in [0.2, 0.25) is 0 Å². The normalized spacial score (nSPS) is 17.2. The van der Waals surface area contributed by atoms with Crippen LogP contribution >= 0.6 is 0 Å². The number of benzene rings is 1. The molecule has 0 saturated carbocycles. The summed E-state index contributed by atoms with van der Waals surface area (Å²) < 4.78 is 0. The molecule has 1 aliphatic heterocycles. The Morgan fingerprint density at radius 1 is 1.32 bits per heavy atom. The van der Waals surface area contributed by atoms with Crippen molar-refractivity contribution in [3.05, 3.63) is 68.6 Å². The van der Waals surface area contributed by atoms with E-state index in [2.05, 4.69) is 24.0 Å². The molecule has 1 saturated heterocycles. The highest BCUT2D eigenvalue weighted by atomic mass is 16.2. The van der Waals surface area contributed by atoms with Crippen molar-refractivity contribution in [1.82, 2.24) is 9.88 Å². The maximum absolute atomic E-state index is 13.0. The number of aryl methyl sites for hydroxylation is 2. The van der Waals surface area contributed by atoms with Crippen LogP contribution in [0.4, 0.5) is 0 Å². The predicted molar refractivity (Wildman–Crippen MR) is 95.6 cm³/mol. The van der Waals surface area contributed by atoms with E-state index >= 15 is 0 Å². The van der Waals surface area contributed by atoms with Gasteiger partial charge in [-0.15, -0.1) is 0 Å². The number of hydrogen-bond acceptors (Lipinski definition) is 3. The zero-order valence-electron chi connectivity index (χ0n) is 14.5. The molecule has 0 bridgehead atoms. The van der Waals surface area contributed by atoms with Gasteiger partial charge in [0, 0.05) is 24.7 Å². The van der Waals surface area contributed by atoms with Crippen molar-refractivity contribution in [2.75, 3.05) is 13.1 Å². The predicted octanol–water partition coefficient (Wildman–Crippen LogP) is 2.88. The van der Waals surface area contributed by atoms with Crippen LogP contribution in [0.2, 0.25) is 0 Å². The highest BCUT2D eigenvalue weighted by Gasteiger charge is 2.27. The second-order valence-corrected chi connectivity index (χ2v) is 6.61. The average Bonchev–Trinajstić information content (AvgIpc) is 2.62. The SMILES string of the molecule is Cc1ccccc1[C@H]1CCCN(C(=O)c2cc(C#N)c(=O)[nH]c2C)C1. The Balaban J connectivity index is 1.87. The van der Waals surface area contributed by atoms with E-state index in [4.69, 9.17) is 5.26 Å². The largest absolute Gasteiger partial charge is 0.338 e. The average molecular weight is 335 g/mol. The van der Waals surface area contributed by atoms with Gasteiger partial charge >= 0.3 is 0 Å². The lowest BCUT2D eigenvalue weighted by Crippen LogP contribution is -2.40. The molecule has 1 aromatic heterocycles. The summed E-state index contributed by atoms with van der Waals surface area (Å²) in [5.41, 5.74) is 2.97. The van der Waals surface area contributed by atoms with E-state index in [1.807, 2.05) is 23.1 Å². The van der Waals surface area contributed by atoms with Crippen LogP contribution in [0.15, 0.2) is 35.1 Å². The molecular formula is C20H21N3O2. The number of aromatic amines is 1. The Morgan fingerprint density at radius 2 is 2.08 bits per heavy atom. The van der Waals surface area contributed by atoms with Gasteiger partial charge in [-0.25, -0.2) is 0 Å². The second kappa shape index (κ2) is 6.94. The highest BCUT2D eigenvalue weighted by Crippen LogP contribution is 2.29. The first-order valence-electron chi connectivity index (χ1n) is 8.50. The number of carbonyl (C=O) groups excluding carboxylic acids is 1. The van der Waals surface area contributed by atoms with Crippen molar-refractivity contribution in [1.29, 1.82) is 5.26 Å². The number of rotatable bonds is 2. The van der Waals surface area contributed by atoms with Gasteiger partial charge in [-0.1, -0.05) is 24.3 Å². The van der Waals surface area contributed by atoms with Crippen molar-refractivity contribution < 1.29 is 4.79 Å². The van der Waals surface area contributed by atoms with E-state index in [1.54, 1.807) is 6.92 Å². The summed E-state index contributed by atoms with van der Waals surface area (Å²) >= 11 is 0. The standard InChI is InChI=1S/C20H21N3O2/c1-13-6-3-4-8-17(13)15-7-5-9-23(12-15)20(25)18-10-16(11-21)19(24)22-14(18)2/h3-4,6,8,10,15H,5,7,9,12H2,1-2H3,(H,22,24)/t15-/m0/s1. The Labute approximate surface area is 146 Å². The smallest absolute Gasteiger partial charge is 0.266 e. The molecule has 25 heavy (non-hydrogen) atoms. The summed E-state index contributed by atoms with van der Waals surface area (Å²) in [6.45, 7) is 5.14.